The predicted octanol–water partition coefficient (Wildman–Crippen LogP) is 2.00. The van der Waals surface area contributed by atoms with Crippen molar-refractivity contribution >= 4 is 23.8 Å². The summed E-state index contributed by atoms with van der Waals surface area (Å²) < 4.78 is 1.73. The third-order valence-corrected chi connectivity index (χ3v) is 4.89. The minimum Gasteiger partial charge on any atom is -0.477 e. The van der Waals surface area contributed by atoms with Crippen molar-refractivity contribution in [3.8, 4) is 0 Å². The Morgan fingerprint density at radius 1 is 1.38 bits per heavy atom. The van der Waals surface area contributed by atoms with E-state index in [4.69, 9.17) is 11.6 Å². The molecule has 0 unspecified atom stereocenters. The van der Waals surface area contributed by atoms with Crippen molar-refractivity contribution in [1.29, 1.82) is 0 Å². The molecule has 0 saturated carbocycles. The monoisotopic (exact) mass is 347 g/mol. The number of aromatic carboxylic acids is 1. The Hall–Kier alpha value is -2.14. The van der Waals surface area contributed by atoms with Crippen molar-refractivity contribution in [2.24, 2.45) is 12.0 Å². The lowest BCUT2D eigenvalue weighted by Crippen LogP contribution is -2.45. The van der Waals surface area contributed by atoms with Crippen molar-refractivity contribution in [2.75, 3.05) is 26.2 Å². The van der Waals surface area contributed by atoms with Crippen LogP contribution in [0.4, 0.5) is 0 Å². The summed E-state index contributed by atoms with van der Waals surface area (Å²) in [5.41, 5.74) is 2.39. The zero-order chi connectivity index (χ0) is 17.3. The molecule has 2 aliphatic rings. The van der Waals surface area contributed by atoms with Crippen LogP contribution in [-0.2, 0) is 13.6 Å². The fourth-order valence-electron chi connectivity index (χ4n) is 3.05. The van der Waals surface area contributed by atoms with Crippen LogP contribution in [0, 0.1) is 13.0 Å². The number of piperazine rings is 1. The lowest BCUT2D eigenvalue weighted by atomic mass is 10.2. The standard InChI is InChI=1S/C17H19ClN4O2/c1-12-13(10-15(17(23)24)20(12)2)11-21-6-8-22(9-7-21)16-14(18)4-3-5-19-16/h4-5,10H,6-9,11H2,1-2H3/p+1. The summed E-state index contributed by atoms with van der Waals surface area (Å²) in [6, 6.07) is 1.77. The first-order valence-corrected chi connectivity index (χ1v) is 8.22. The van der Waals surface area contributed by atoms with Gasteiger partial charge in [0, 0.05) is 57.1 Å². The van der Waals surface area contributed by atoms with Crippen molar-refractivity contribution in [3.63, 3.8) is 0 Å². The number of nitrogens with zero attached hydrogens (tertiary/aromatic N) is 4. The number of carbonyl (C=O) groups is 1. The van der Waals surface area contributed by atoms with Crippen molar-refractivity contribution in [3.05, 3.63) is 46.0 Å². The van der Waals surface area contributed by atoms with Gasteiger partial charge < -0.3 is 14.6 Å². The number of hydrogen-bond acceptors (Lipinski definition) is 4. The van der Waals surface area contributed by atoms with Gasteiger partial charge in [0.15, 0.2) is 12.3 Å². The molecule has 0 aliphatic carbocycles. The molecule has 0 bridgehead atoms. The Kier molecular flexibility index (Phi) is 4.71. The zero-order valence-electron chi connectivity index (χ0n) is 13.8. The molecule has 3 heterocycles. The van der Waals surface area contributed by atoms with Gasteiger partial charge in [-0.1, -0.05) is 0 Å². The van der Waals surface area contributed by atoms with Crippen molar-refractivity contribution < 1.29 is 9.90 Å². The van der Waals surface area contributed by atoms with Crippen LogP contribution in [0.2, 0.25) is 0 Å². The van der Waals surface area contributed by atoms with Crippen LogP contribution in [-0.4, -0.2) is 57.8 Å². The third-order valence-electron chi connectivity index (χ3n) is 4.61. The fraction of sp³-hybridized carbons (Fsp3) is 0.412. The highest BCUT2D eigenvalue weighted by atomic mass is 35.5. The average molecular weight is 348 g/mol. The number of halogens is 1. The van der Waals surface area contributed by atoms with E-state index in [1.807, 2.05) is 6.92 Å². The van der Waals surface area contributed by atoms with E-state index in [0.717, 1.165) is 49.8 Å². The van der Waals surface area contributed by atoms with Crippen LogP contribution in [0.3, 0.4) is 0 Å². The van der Waals surface area contributed by atoms with Gasteiger partial charge in [0.25, 0.3) is 0 Å². The van der Waals surface area contributed by atoms with Gasteiger partial charge in [0.2, 0.25) is 10.9 Å². The molecule has 1 aromatic heterocycles. The number of allylic oxidation sites excluding steroid dienone is 3. The van der Waals surface area contributed by atoms with Gasteiger partial charge in [0.05, 0.1) is 0 Å². The number of hydrogen-bond donors (Lipinski definition) is 1. The maximum absolute atomic E-state index is 11.2. The summed E-state index contributed by atoms with van der Waals surface area (Å²) in [7, 11) is 1.79. The van der Waals surface area contributed by atoms with E-state index < -0.39 is 5.97 Å². The van der Waals surface area contributed by atoms with Crippen LogP contribution in [0.25, 0.3) is 0 Å². The van der Waals surface area contributed by atoms with E-state index in [1.54, 1.807) is 30.0 Å². The smallest absolute Gasteiger partial charge is 0.352 e. The Balaban J connectivity index is 1.64. The summed E-state index contributed by atoms with van der Waals surface area (Å²) in [5.74, 6) is -0.0858. The molecule has 0 spiro atoms. The Morgan fingerprint density at radius 3 is 2.67 bits per heavy atom. The highest BCUT2D eigenvalue weighted by Gasteiger charge is 2.25. The highest BCUT2D eigenvalue weighted by Crippen LogP contribution is 2.22. The molecule has 6 nitrogen and oxygen atoms in total. The molecule has 1 N–H and O–H groups in total. The van der Waals surface area contributed by atoms with Gasteiger partial charge >= 0.3 is 5.97 Å². The van der Waals surface area contributed by atoms with Crippen LogP contribution >= 0.6 is 11.6 Å². The van der Waals surface area contributed by atoms with Gasteiger partial charge in [-0.15, -0.1) is 0 Å². The minimum absolute atomic E-state index is 0.331. The van der Waals surface area contributed by atoms with Crippen LogP contribution < -0.4 is 0 Å². The lowest BCUT2D eigenvalue weighted by molar-refractivity contribution is 0.0686. The van der Waals surface area contributed by atoms with E-state index in [2.05, 4.69) is 20.9 Å². The zero-order valence-corrected chi connectivity index (χ0v) is 14.5. The van der Waals surface area contributed by atoms with Gasteiger partial charge in [-0.2, -0.15) is 4.99 Å². The number of aromatic nitrogens is 1. The molecule has 0 radical (unpaired) electrons. The van der Waals surface area contributed by atoms with E-state index in [0.29, 0.717) is 10.7 Å². The summed E-state index contributed by atoms with van der Waals surface area (Å²) in [4.78, 5) is 20.1. The predicted molar refractivity (Wildman–Crippen MR) is 93.1 cm³/mol. The fourth-order valence-corrected chi connectivity index (χ4v) is 3.29. The molecule has 7 heteroatoms. The largest absolute Gasteiger partial charge is 0.477 e. The van der Waals surface area contributed by atoms with Gasteiger partial charge in [-0.25, -0.2) is 4.79 Å². The summed E-state index contributed by atoms with van der Waals surface area (Å²) in [6.45, 7) is 6.16. The summed E-state index contributed by atoms with van der Waals surface area (Å²) in [5, 5.41) is 9.85. The Morgan fingerprint density at radius 2 is 2.08 bits per heavy atom. The maximum Gasteiger partial charge on any atom is 0.352 e. The van der Waals surface area contributed by atoms with Crippen LogP contribution in [0.15, 0.2) is 28.0 Å². The molecule has 0 amide bonds. The van der Waals surface area contributed by atoms with E-state index >= 15 is 0 Å². The van der Waals surface area contributed by atoms with Gasteiger partial charge in [0.1, 0.15) is 11.8 Å². The molecule has 3 rings (SSSR count). The maximum atomic E-state index is 11.2. The number of aliphatic imine (C=N–C) groups is 1. The first kappa shape index (κ1) is 16.7. The van der Waals surface area contributed by atoms with Crippen molar-refractivity contribution in [2.45, 2.75) is 13.5 Å². The molecule has 126 valence electrons. The quantitative estimate of drug-likeness (QED) is 0.846. The molecule has 1 fully saturated rings. The van der Waals surface area contributed by atoms with E-state index in [9.17, 15) is 9.90 Å². The molecule has 24 heavy (non-hydrogen) atoms. The normalized spacial score (nSPS) is 18.2. The SMILES string of the molecule is Cc1c(CN2CCN(C3=C(Cl)C=[C+]C=N3)CC2)cc(C(=O)O)n1C. The highest BCUT2D eigenvalue weighted by molar-refractivity contribution is 6.31. The lowest BCUT2D eigenvalue weighted by Gasteiger charge is -2.34. The second-order valence-electron chi connectivity index (χ2n) is 6.01. The van der Waals surface area contributed by atoms with Gasteiger partial charge in [-0.05, 0) is 18.6 Å². The molecule has 1 saturated heterocycles. The average Bonchev–Trinajstić information content (AvgIpc) is 2.85. The van der Waals surface area contributed by atoms with Crippen LogP contribution in [0.1, 0.15) is 21.7 Å². The minimum atomic E-state index is -0.890. The second kappa shape index (κ2) is 6.77. The first-order chi connectivity index (χ1) is 11.5. The molecular formula is C17H20ClN4O2+. The molecule has 2 aliphatic heterocycles. The Labute approximate surface area is 146 Å². The van der Waals surface area contributed by atoms with Gasteiger partial charge in [-0.3, -0.25) is 4.90 Å². The number of rotatable bonds is 4. The molecular weight excluding hydrogens is 328 g/mol. The van der Waals surface area contributed by atoms with E-state index in [-0.39, 0.29) is 0 Å². The first-order valence-electron chi connectivity index (χ1n) is 7.84. The molecule has 0 aromatic carbocycles. The molecule has 0 atom stereocenters. The number of carboxylic acids is 1. The van der Waals surface area contributed by atoms with E-state index in [1.165, 1.54) is 0 Å². The third kappa shape index (κ3) is 3.22. The summed E-state index contributed by atoms with van der Waals surface area (Å²) in [6.07, 6.45) is 6.24. The topological polar surface area (TPSA) is 61.1 Å². The van der Waals surface area contributed by atoms with Crippen molar-refractivity contribution in [1.82, 2.24) is 14.4 Å². The summed E-state index contributed by atoms with van der Waals surface area (Å²) >= 11 is 6.19. The molecule has 1 aromatic rings. The Bertz CT molecular complexity index is 740. The second-order valence-corrected chi connectivity index (χ2v) is 6.42. The number of carboxylic acid groups (broad SMARTS) is 1. The van der Waals surface area contributed by atoms with Crippen LogP contribution in [0.5, 0.6) is 0 Å².